The van der Waals surface area contributed by atoms with Gasteiger partial charge >= 0.3 is 0 Å². The van der Waals surface area contributed by atoms with E-state index in [1.807, 2.05) is 0 Å². The van der Waals surface area contributed by atoms with Crippen LogP contribution in [0.5, 0.6) is 0 Å². The average molecular weight is 197 g/mol. The summed E-state index contributed by atoms with van der Waals surface area (Å²) in [6, 6.07) is 0. The van der Waals surface area contributed by atoms with Crippen LogP contribution in [-0.4, -0.2) is 12.5 Å². The first kappa shape index (κ1) is 11.5. The highest BCUT2D eigenvalue weighted by Crippen LogP contribution is 2.16. The molecule has 2 heteroatoms. The Bertz CT molecular complexity index is 168. The van der Waals surface area contributed by atoms with Gasteiger partial charge in [-0.3, -0.25) is 4.79 Å². The van der Waals surface area contributed by atoms with Crippen LogP contribution >= 0.6 is 0 Å². The minimum Gasteiger partial charge on any atom is -0.356 e. The number of amides is 1. The number of carbonyl (C=O) groups excluding carboxylic acids is 1. The Morgan fingerprint density at radius 3 is 2.50 bits per heavy atom. The molecule has 0 aliphatic carbocycles. The van der Waals surface area contributed by atoms with E-state index in [4.69, 9.17) is 0 Å². The maximum absolute atomic E-state index is 11.7. The molecule has 0 aromatic rings. The molecule has 1 aliphatic heterocycles. The van der Waals surface area contributed by atoms with Gasteiger partial charge < -0.3 is 5.32 Å². The lowest BCUT2D eigenvalue weighted by Gasteiger charge is -2.13. The molecule has 82 valence electrons. The molecule has 1 N–H and O–H groups in total. The van der Waals surface area contributed by atoms with E-state index < -0.39 is 0 Å². The van der Waals surface area contributed by atoms with E-state index in [1.165, 1.54) is 32.1 Å². The first-order valence-corrected chi connectivity index (χ1v) is 6.12. The summed E-state index contributed by atoms with van der Waals surface area (Å²) in [5, 5.41) is 3.04. The first-order chi connectivity index (χ1) is 6.84. The molecule has 0 spiro atoms. The van der Waals surface area contributed by atoms with Crippen molar-refractivity contribution in [2.45, 2.75) is 58.3 Å². The molecule has 1 aliphatic rings. The van der Waals surface area contributed by atoms with Crippen LogP contribution in [-0.2, 0) is 4.79 Å². The van der Waals surface area contributed by atoms with Gasteiger partial charge in [0.1, 0.15) is 0 Å². The molecule has 1 heterocycles. The summed E-state index contributed by atoms with van der Waals surface area (Å²) in [5.41, 5.74) is 0. The standard InChI is InChI=1S/C12H23NO/c1-2-11-9-7-5-3-4-6-8-10-13-12(11)14/h11H,2-10H2,1H3,(H,13,14). The number of hydrogen-bond acceptors (Lipinski definition) is 1. The summed E-state index contributed by atoms with van der Waals surface area (Å²) in [5.74, 6) is 0.558. The molecule has 1 rings (SSSR count). The second-order valence-corrected chi connectivity index (χ2v) is 4.31. The Kier molecular flexibility index (Phi) is 5.65. The molecule has 1 unspecified atom stereocenters. The number of carbonyl (C=O) groups is 1. The molecule has 0 aromatic heterocycles. The van der Waals surface area contributed by atoms with Gasteiger partial charge in [0.2, 0.25) is 5.91 Å². The SMILES string of the molecule is CCC1CCCCCCCCNC1=O. The molecule has 1 atom stereocenters. The van der Waals surface area contributed by atoms with Gasteiger partial charge in [-0.1, -0.05) is 39.0 Å². The Balaban J connectivity index is 2.37. The van der Waals surface area contributed by atoms with Crippen LogP contribution in [0.25, 0.3) is 0 Å². The van der Waals surface area contributed by atoms with E-state index in [2.05, 4.69) is 12.2 Å². The van der Waals surface area contributed by atoms with Crippen LogP contribution in [0.15, 0.2) is 0 Å². The molecule has 1 fully saturated rings. The lowest BCUT2D eigenvalue weighted by Crippen LogP contribution is -2.31. The van der Waals surface area contributed by atoms with Gasteiger partial charge in [-0.25, -0.2) is 0 Å². The molecule has 0 radical (unpaired) electrons. The van der Waals surface area contributed by atoms with E-state index in [-0.39, 0.29) is 11.8 Å². The highest BCUT2D eigenvalue weighted by Gasteiger charge is 2.15. The van der Waals surface area contributed by atoms with Crippen LogP contribution in [0.2, 0.25) is 0 Å². The van der Waals surface area contributed by atoms with Crippen LogP contribution in [0.1, 0.15) is 58.3 Å². The number of rotatable bonds is 1. The molecular formula is C12H23NO. The topological polar surface area (TPSA) is 29.1 Å². The van der Waals surface area contributed by atoms with Crippen molar-refractivity contribution in [3.8, 4) is 0 Å². The van der Waals surface area contributed by atoms with Crippen molar-refractivity contribution in [1.82, 2.24) is 5.32 Å². The average Bonchev–Trinajstić information content (AvgIpc) is 2.24. The van der Waals surface area contributed by atoms with Crippen molar-refractivity contribution in [3.63, 3.8) is 0 Å². The van der Waals surface area contributed by atoms with Crippen molar-refractivity contribution in [3.05, 3.63) is 0 Å². The Morgan fingerprint density at radius 2 is 1.79 bits per heavy atom. The number of nitrogens with one attached hydrogen (secondary N) is 1. The molecular weight excluding hydrogens is 174 g/mol. The molecule has 14 heavy (non-hydrogen) atoms. The predicted molar refractivity (Wildman–Crippen MR) is 59.1 cm³/mol. The highest BCUT2D eigenvalue weighted by atomic mass is 16.1. The van der Waals surface area contributed by atoms with Crippen LogP contribution in [0.4, 0.5) is 0 Å². The fraction of sp³-hybridized carbons (Fsp3) is 0.917. The Hall–Kier alpha value is -0.530. The third-order valence-corrected chi connectivity index (χ3v) is 3.14. The maximum Gasteiger partial charge on any atom is 0.223 e. The third kappa shape index (κ3) is 4.12. The molecule has 1 amide bonds. The van der Waals surface area contributed by atoms with E-state index >= 15 is 0 Å². The fourth-order valence-electron chi connectivity index (χ4n) is 2.10. The van der Waals surface area contributed by atoms with Gasteiger partial charge in [0.25, 0.3) is 0 Å². The summed E-state index contributed by atoms with van der Waals surface area (Å²) in [6.45, 7) is 3.00. The molecule has 1 saturated heterocycles. The molecule has 0 saturated carbocycles. The fourth-order valence-corrected chi connectivity index (χ4v) is 2.10. The monoisotopic (exact) mass is 197 g/mol. The summed E-state index contributed by atoms with van der Waals surface area (Å²) in [6.07, 6.45) is 9.74. The predicted octanol–water partition coefficient (Wildman–Crippen LogP) is 2.87. The van der Waals surface area contributed by atoms with Crippen molar-refractivity contribution in [1.29, 1.82) is 0 Å². The first-order valence-electron chi connectivity index (χ1n) is 6.12. The van der Waals surface area contributed by atoms with E-state index in [1.54, 1.807) is 0 Å². The largest absolute Gasteiger partial charge is 0.356 e. The zero-order valence-corrected chi connectivity index (χ0v) is 9.35. The second-order valence-electron chi connectivity index (χ2n) is 4.31. The Labute approximate surface area is 87.5 Å². The van der Waals surface area contributed by atoms with Crippen LogP contribution in [0, 0.1) is 5.92 Å². The summed E-state index contributed by atoms with van der Waals surface area (Å²) in [7, 11) is 0. The highest BCUT2D eigenvalue weighted by molar-refractivity contribution is 5.78. The van der Waals surface area contributed by atoms with Crippen LogP contribution in [0.3, 0.4) is 0 Å². The second kappa shape index (κ2) is 6.86. The molecule has 0 aromatic carbocycles. The summed E-state index contributed by atoms with van der Waals surface area (Å²) in [4.78, 5) is 11.7. The quantitative estimate of drug-likeness (QED) is 0.688. The normalized spacial score (nSPS) is 26.4. The van der Waals surface area contributed by atoms with Crippen LogP contribution < -0.4 is 5.32 Å². The van der Waals surface area contributed by atoms with Gasteiger partial charge in [0.05, 0.1) is 0 Å². The summed E-state index contributed by atoms with van der Waals surface area (Å²) >= 11 is 0. The van der Waals surface area contributed by atoms with Crippen molar-refractivity contribution < 1.29 is 4.79 Å². The van der Waals surface area contributed by atoms with E-state index in [9.17, 15) is 4.79 Å². The molecule has 0 bridgehead atoms. The van der Waals surface area contributed by atoms with Gasteiger partial charge in [-0.15, -0.1) is 0 Å². The van der Waals surface area contributed by atoms with Crippen molar-refractivity contribution in [2.24, 2.45) is 5.92 Å². The van der Waals surface area contributed by atoms with Crippen molar-refractivity contribution >= 4 is 5.91 Å². The minimum atomic E-state index is 0.271. The van der Waals surface area contributed by atoms with E-state index in [0.717, 1.165) is 25.8 Å². The van der Waals surface area contributed by atoms with Gasteiger partial charge in [-0.05, 0) is 19.3 Å². The Morgan fingerprint density at radius 1 is 1.14 bits per heavy atom. The van der Waals surface area contributed by atoms with Gasteiger partial charge in [0, 0.05) is 12.5 Å². The number of hydrogen-bond donors (Lipinski definition) is 1. The zero-order valence-electron chi connectivity index (χ0n) is 9.35. The maximum atomic E-state index is 11.7. The van der Waals surface area contributed by atoms with Crippen molar-refractivity contribution in [2.75, 3.05) is 6.54 Å². The van der Waals surface area contributed by atoms with E-state index in [0.29, 0.717) is 0 Å². The zero-order chi connectivity index (χ0) is 10.2. The minimum absolute atomic E-state index is 0.271. The van der Waals surface area contributed by atoms with Gasteiger partial charge in [0.15, 0.2) is 0 Å². The lowest BCUT2D eigenvalue weighted by atomic mass is 9.97. The lowest BCUT2D eigenvalue weighted by molar-refractivity contribution is -0.125. The third-order valence-electron chi connectivity index (χ3n) is 3.14. The molecule has 2 nitrogen and oxygen atoms in total. The van der Waals surface area contributed by atoms with Gasteiger partial charge in [-0.2, -0.15) is 0 Å². The smallest absolute Gasteiger partial charge is 0.223 e. The summed E-state index contributed by atoms with van der Waals surface area (Å²) < 4.78 is 0.